The lowest BCUT2D eigenvalue weighted by molar-refractivity contribution is 0.102. The maximum Gasteiger partial charge on any atom is 0.321 e. The van der Waals surface area contributed by atoms with E-state index in [2.05, 4.69) is 20.6 Å². The van der Waals surface area contributed by atoms with Crippen molar-refractivity contribution < 1.29 is 14.0 Å². The van der Waals surface area contributed by atoms with Crippen LogP contribution in [0.5, 0.6) is 0 Å². The molecular formula is C25H23N7O3S. The summed E-state index contributed by atoms with van der Waals surface area (Å²) in [5, 5.41) is 5.57. The number of nitrogens with zero attached hydrogens (tertiary/aromatic N) is 5. The molecule has 3 amide bonds. The van der Waals surface area contributed by atoms with Gasteiger partial charge in [-0.1, -0.05) is 6.07 Å². The fraction of sp³-hybridized carbons (Fsp3) is 0.160. The van der Waals surface area contributed by atoms with Gasteiger partial charge in [-0.15, -0.1) is 11.3 Å². The number of fused-ring (bicyclic) bond motifs is 1. The zero-order chi connectivity index (χ0) is 25.1. The Kier molecular flexibility index (Phi) is 6.46. The Morgan fingerprint density at radius 2 is 2.03 bits per heavy atom. The highest BCUT2D eigenvalue weighted by Crippen LogP contribution is 2.29. The highest BCUT2D eigenvalue weighted by atomic mass is 32.1. The van der Waals surface area contributed by atoms with E-state index >= 15 is 0 Å². The van der Waals surface area contributed by atoms with Gasteiger partial charge in [0.25, 0.3) is 5.91 Å². The molecule has 0 saturated carbocycles. The van der Waals surface area contributed by atoms with Crippen LogP contribution in [0.3, 0.4) is 0 Å². The second kappa shape index (κ2) is 10.0. The minimum Gasteiger partial charge on any atom is -0.443 e. The van der Waals surface area contributed by atoms with Gasteiger partial charge in [-0.2, -0.15) is 0 Å². The molecule has 0 saturated heterocycles. The number of thiophene rings is 1. The fourth-order valence-corrected chi connectivity index (χ4v) is 4.67. The molecule has 11 heteroatoms. The second-order valence-electron chi connectivity index (χ2n) is 7.97. The van der Waals surface area contributed by atoms with Gasteiger partial charge in [0.15, 0.2) is 12.2 Å². The minimum atomic E-state index is -0.272. The van der Waals surface area contributed by atoms with Gasteiger partial charge in [0.05, 0.1) is 27.0 Å². The van der Waals surface area contributed by atoms with E-state index < -0.39 is 0 Å². The van der Waals surface area contributed by atoms with Crippen LogP contribution >= 0.6 is 11.3 Å². The van der Waals surface area contributed by atoms with Crippen molar-refractivity contribution >= 4 is 45.9 Å². The van der Waals surface area contributed by atoms with E-state index in [1.54, 1.807) is 32.6 Å². The quantitative estimate of drug-likeness (QED) is 0.341. The van der Waals surface area contributed by atoms with Crippen LogP contribution in [-0.4, -0.2) is 45.6 Å². The minimum absolute atomic E-state index is 0.237. The number of oxazole rings is 1. The number of nitrogens with one attached hydrogen (secondary N) is 2. The van der Waals surface area contributed by atoms with Crippen LogP contribution in [0.4, 0.5) is 16.4 Å². The summed E-state index contributed by atoms with van der Waals surface area (Å²) >= 11 is 1.31. The number of hydrogen-bond donors (Lipinski definition) is 2. The number of pyridine rings is 1. The van der Waals surface area contributed by atoms with Gasteiger partial charge in [-0.25, -0.2) is 14.8 Å². The van der Waals surface area contributed by atoms with Crippen LogP contribution in [0.1, 0.15) is 15.2 Å². The molecule has 0 bridgehead atoms. The van der Waals surface area contributed by atoms with E-state index in [1.165, 1.54) is 22.6 Å². The van der Waals surface area contributed by atoms with Crippen molar-refractivity contribution in [2.24, 2.45) is 0 Å². The molecule has 0 aliphatic carbocycles. The molecule has 4 heterocycles. The second-order valence-corrected chi connectivity index (χ2v) is 9.05. The van der Waals surface area contributed by atoms with Crippen molar-refractivity contribution in [1.29, 1.82) is 0 Å². The normalized spacial score (nSPS) is 10.9. The molecule has 0 atom stereocenters. The van der Waals surface area contributed by atoms with Gasteiger partial charge in [0.1, 0.15) is 0 Å². The van der Waals surface area contributed by atoms with Crippen LogP contribution in [-0.2, 0) is 13.0 Å². The van der Waals surface area contributed by atoms with Crippen molar-refractivity contribution in [3.63, 3.8) is 0 Å². The number of carbonyl (C=O) groups is 2. The number of urea groups is 1. The van der Waals surface area contributed by atoms with Crippen molar-refractivity contribution in [1.82, 2.24) is 24.8 Å². The molecule has 0 aliphatic heterocycles. The number of imidazole rings is 1. The first kappa shape index (κ1) is 23.2. The molecule has 0 fully saturated rings. The van der Waals surface area contributed by atoms with E-state index in [4.69, 9.17) is 9.40 Å². The number of rotatable bonds is 7. The first-order valence-corrected chi connectivity index (χ1v) is 12.0. The molecule has 0 aliphatic rings. The van der Waals surface area contributed by atoms with Gasteiger partial charge < -0.3 is 14.3 Å². The number of aryl methyl sites for hydroxylation is 2. The number of aromatic nitrogens is 4. The summed E-state index contributed by atoms with van der Waals surface area (Å²) in [5.41, 5.74) is 3.27. The number of benzene rings is 1. The standard InChI is InChI=1S/C25H23N7O3S/c1-26-25(34)31(2)17-5-6-19-18(12-17)29-24(32(19)11-9-16-4-3-10-27-13-16)30-23(33)22-8-7-21(36-22)20-14-28-15-35-20/h3-8,10,12-15H,9,11H2,1-2H3,(H,26,34)(H,29,30,33). The third-order valence-corrected chi connectivity index (χ3v) is 6.81. The fourth-order valence-electron chi connectivity index (χ4n) is 3.81. The zero-order valence-corrected chi connectivity index (χ0v) is 20.5. The third-order valence-electron chi connectivity index (χ3n) is 5.71. The predicted octanol–water partition coefficient (Wildman–Crippen LogP) is 4.42. The topological polar surface area (TPSA) is 118 Å². The van der Waals surface area contributed by atoms with E-state index in [9.17, 15) is 9.59 Å². The molecule has 5 rings (SSSR count). The Hall–Kier alpha value is -4.51. The van der Waals surface area contributed by atoms with E-state index in [0.717, 1.165) is 16.0 Å². The van der Waals surface area contributed by atoms with Crippen LogP contribution in [0.15, 0.2) is 71.9 Å². The van der Waals surface area contributed by atoms with Crippen LogP contribution < -0.4 is 15.5 Å². The van der Waals surface area contributed by atoms with E-state index in [0.29, 0.717) is 40.8 Å². The summed E-state index contributed by atoms with van der Waals surface area (Å²) in [7, 11) is 3.27. The molecule has 2 N–H and O–H groups in total. The highest BCUT2D eigenvalue weighted by molar-refractivity contribution is 7.17. The number of hydrogen-bond acceptors (Lipinski definition) is 7. The molecule has 4 aromatic heterocycles. The molecular weight excluding hydrogens is 478 g/mol. The maximum absolute atomic E-state index is 13.1. The Morgan fingerprint density at radius 1 is 1.14 bits per heavy atom. The van der Waals surface area contributed by atoms with Gasteiger partial charge in [0.2, 0.25) is 5.95 Å². The Bertz CT molecular complexity index is 1510. The van der Waals surface area contributed by atoms with Gasteiger partial charge in [-0.3, -0.25) is 20.0 Å². The Balaban J connectivity index is 1.46. The van der Waals surface area contributed by atoms with E-state index in [1.807, 2.05) is 47.2 Å². The summed E-state index contributed by atoms with van der Waals surface area (Å²) in [6, 6.07) is 12.8. The Labute approximate surface area is 210 Å². The monoisotopic (exact) mass is 501 g/mol. The van der Waals surface area contributed by atoms with Crippen LogP contribution in [0.25, 0.3) is 21.7 Å². The van der Waals surface area contributed by atoms with Crippen molar-refractivity contribution in [2.75, 3.05) is 24.3 Å². The number of carbonyl (C=O) groups excluding carboxylic acids is 2. The van der Waals surface area contributed by atoms with E-state index in [-0.39, 0.29) is 11.9 Å². The van der Waals surface area contributed by atoms with Crippen LogP contribution in [0.2, 0.25) is 0 Å². The summed E-state index contributed by atoms with van der Waals surface area (Å²) in [4.78, 5) is 40.9. The summed E-state index contributed by atoms with van der Waals surface area (Å²) in [6.45, 7) is 0.580. The summed E-state index contributed by atoms with van der Waals surface area (Å²) in [6.07, 6.45) is 7.23. The molecule has 182 valence electrons. The average molecular weight is 502 g/mol. The molecule has 0 unspecified atom stereocenters. The van der Waals surface area contributed by atoms with Gasteiger partial charge in [-0.05, 0) is 48.4 Å². The van der Waals surface area contributed by atoms with Crippen molar-refractivity contribution in [3.05, 3.63) is 77.9 Å². The van der Waals surface area contributed by atoms with Gasteiger partial charge >= 0.3 is 6.03 Å². The molecule has 5 aromatic rings. The van der Waals surface area contributed by atoms with Gasteiger partial charge in [0, 0.05) is 38.7 Å². The first-order chi connectivity index (χ1) is 17.5. The summed E-state index contributed by atoms with van der Waals surface area (Å²) < 4.78 is 7.30. The SMILES string of the molecule is CNC(=O)N(C)c1ccc2c(c1)nc(NC(=O)c1ccc(-c3cnco3)s1)n2CCc1cccnc1. The largest absolute Gasteiger partial charge is 0.443 e. The Morgan fingerprint density at radius 3 is 2.78 bits per heavy atom. The summed E-state index contributed by atoms with van der Waals surface area (Å²) in [5.74, 6) is 0.759. The smallest absolute Gasteiger partial charge is 0.321 e. The lowest BCUT2D eigenvalue weighted by Crippen LogP contribution is -2.34. The molecule has 36 heavy (non-hydrogen) atoms. The number of anilines is 2. The lowest BCUT2D eigenvalue weighted by Gasteiger charge is -2.16. The molecule has 0 radical (unpaired) electrons. The predicted molar refractivity (Wildman–Crippen MR) is 138 cm³/mol. The maximum atomic E-state index is 13.1. The molecule has 10 nitrogen and oxygen atoms in total. The first-order valence-electron chi connectivity index (χ1n) is 11.2. The van der Waals surface area contributed by atoms with Crippen molar-refractivity contribution in [2.45, 2.75) is 13.0 Å². The lowest BCUT2D eigenvalue weighted by atomic mass is 10.2. The molecule has 0 spiro atoms. The van der Waals surface area contributed by atoms with Crippen LogP contribution in [0, 0.1) is 0 Å². The highest BCUT2D eigenvalue weighted by Gasteiger charge is 2.18. The average Bonchev–Trinajstić information content (AvgIpc) is 3.67. The number of amides is 3. The third kappa shape index (κ3) is 4.68. The van der Waals surface area contributed by atoms with Crippen molar-refractivity contribution in [3.8, 4) is 10.6 Å². The molecule has 1 aromatic carbocycles. The zero-order valence-electron chi connectivity index (χ0n) is 19.6.